The van der Waals surface area contributed by atoms with Crippen LogP contribution in [0.1, 0.15) is 22.8 Å². The Hall–Kier alpha value is -1.09. The highest BCUT2D eigenvalue weighted by Crippen LogP contribution is 2.31. The van der Waals surface area contributed by atoms with Crippen molar-refractivity contribution in [3.8, 4) is 0 Å². The maximum absolute atomic E-state index is 13.8. The molecule has 1 N–H and O–H groups in total. The normalized spacial score (nSPS) is 12.5. The highest BCUT2D eigenvalue weighted by atomic mass is 35.5. The van der Waals surface area contributed by atoms with E-state index in [2.05, 4.69) is 0 Å². The fourth-order valence-electron chi connectivity index (χ4n) is 1.74. The van der Waals surface area contributed by atoms with Gasteiger partial charge in [0.15, 0.2) is 0 Å². The summed E-state index contributed by atoms with van der Waals surface area (Å²) in [5.74, 6) is -0.450. The molecule has 2 aromatic carbocycles. The number of rotatable bonds is 2. The quantitative estimate of drug-likeness (QED) is 0.860. The molecule has 0 aliphatic rings. The average molecular weight is 285 g/mol. The minimum Gasteiger partial charge on any atom is -0.383 e. The van der Waals surface area contributed by atoms with E-state index in [1.807, 2.05) is 0 Å². The first-order chi connectivity index (χ1) is 8.49. The number of aryl methyl sites for hydroxylation is 1. The second-order valence-corrected chi connectivity index (χ2v) is 4.94. The van der Waals surface area contributed by atoms with Crippen molar-refractivity contribution in [2.45, 2.75) is 13.0 Å². The largest absolute Gasteiger partial charge is 0.383 e. The lowest BCUT2D eigenvalue weighted by atomic mass is 10.00. The van der Waals surface area contributed by atoms with Gasteiger partial charge in [-0.05, 0) is 30.7 Å². The van der Waals surface area contributed by atoms with Crippen LogP contribution in [0.5, 0.6) is 0 Å². The molecule has 4 heteroatoms. The molecule has 18 heavy (non-hydrogen) atoms. The van der Waals surface area contributed by atoms with Gasteiger partial charge in [-0.1, -0.05) is 41.4 Å². The zero-order valence-electron chi connectivity index (χ0n) is 9.62. The number of hydrogen-bond acceptors (Lipinski definition) is 1. The second-order valence-electron chi connectivity index (χ2n) is 4.09. The molecule has 2 aromatic rings. The van der Waals surface area contributed by atoms with Crippen molar-refractivity contribution in [3.63, 3.8) is 0 Å². The molecular formula is C14H11Cl2FO. The van der Waals surface area contributed by atoms with Gasteiger partial charge in [0.25, 0.3) is 0 Å². The molecule has 0 aliphatic heterocycles. The molecule has 1 unspecified atom stereocenters. The Morgan fingerprint density at radius 1 is 1.06 bits per heavy atom. The predicted molar refractivity (Wildman–Crippen MR) is 71.7 cm³/mol. The van der Waals surface area contributed by atoms with Crippen LogP contribution in [-0.4, -0.2) is 5.11 Å². The molecule has 0 aromatic heterocycles. The molecule has 0 aliphatic carbocycles. The smallest absolute Gasteiger partial charge is 0.129 e. The zero-order chi connectivity index (χ0) is 13.3. The van der Waals surface area contributed by atoms with E-state index in [1.165, 1.54) is 12.1 Å². The Balaban J connectivity index is 2.44. The lowest BCUT2D eigenvalue weighted by Gasteiger charge is -2.14. The number of hydrogen-bond donors (Lipinski definition) is 1. The van der Waals surface area contributed by atoms with E-state index < -0.39 is 11.9 Å². The van der Waals surface area contributed by atoms with E-state index in [0.29, 0.717) is 15.6 Å². The number of aliphatic hydroxyl groups is 1. The Labute approximate surface area is 115 Å². The standard InChI is InChI=1S/C14H11Cl2FO/c1-8-2-4-11(13(17)6-8)14(18)10-5-3-9(15)7-12(10)16/h2-7,14,18H,1H3. The third-order valence-corrected chi connectivity index (χ3v) is 3.27. The van der Waals surface area contributed by atoms with Crippen molar-refractivity contribution in [1.29, 1.82) is 0 Å². The highest BCUT2D eigenvalue weighted by molar-refractivity contribution is 6.35. The number of benzene rings is 2. The molecule has 94 valence electrons. The summed E-state index contributed by atoms with van der Waals surface area (Å²) in [4.78, 5) is 0. The Morgan fingerprint density at radius 2 is 1.72 bits per heavy atom. The van der Waals surface area contributed by atoms with Gasteiger partial charge in [-0.3, -0.25) is 0 Å². The summed E-state index contributed by atoms with van der Waals surface area (Å²) in [7, 11) is 0. The minimum atomic E-state index is -1.10. The Morgan fingerprint density at radius 3 is 2.33 bits per heavy atom. The minimum absolute atomic E-state index is 0.199. The molecule has 0 bridgehead atoms. The van der Waals surface area contributed by atoms with Crippen LogP contribution in [-0.2, 0) is 0 Å². The van der Waals surface area contributed by atoms with Crippen LogP contribution in [0.4, 0.5) is 4.39 Å². The molecule has 1 atom stereocenters. The Bertz CT molecular complexity index is 533. The van der Waals surface area contributed by atoms with Gasteiger partial charge in [0, 0.05) is 21.2 Å². The first kappa shape index (κ1) is 13.3. The fourth-order valence-corrected chi connectivity index (χ4v) is 2.26. The molecule has 0 saturated heterocycles. The van der Waals surface area contributed by atoms with Crippen LogP contribution in [0.25, 0.3) is 0 Å². The Kier molecular flexibility index (Phi) is 3.91. The molecule has 2 rings (SSSR count). The predicted octanol–water partition coefficient (Wildman–Crippen LogP) is 4.52. The van der Waals surface area contributed by atoms with Gasteiger partial charge in [-0.2, -0.15) is 0 Å². The van der Waals surface area contributed by atoms with Crippen molar-refractivity contribution in [3.05, 3.63) is 69.0 Å². The van der Waals surface area contributed by atoms with E-state index in [9.17, 15) is 9.50 Å². The maximum Gasteiger partial charge on any atom is 0.129 e. The van der Waals surface area contributed by atoms with Gasteiger partial charge in [0.05, 0.1) is 0 Å². The first-order valence-corrected chi connectivity index (χ1v) is 6.13. The topological polar surface area (TPSA) is 20.2 Å². The van der Waals surface area contributed by atoms with E-state index in [4.69, 9.17) is 23.2 Å². The summed E-state index contributed by atoms with van der Waals surface area (Å²) < 4.78 is 13.8. The van der Waals surface area contributed by atoms with Crippen LogP contribution in [0.2, 0.25) is 10.0 Å². The summed E-state index contributed by atoms with van der Waals surface area (Å²) in [6.45, 7) is 1.79. The van der Waals surface area contributed by atoms with Crippen molar-refractivity contribution in [2.24, 2.45) is 0 Å². The van der Waals surface area contributed by atoms with Crippen LogP contribution in [0, 0.1) is 12.7 Å². The molecule has 0 heterocycles. The maximum atomic E-state index is 13.8. The van der Waals surface area contributed by atoms with Crippen LogP contribution >= 0.6 is 23.2 Å². The fraction of sp³-hybridized carbons (Fsp3) is 0.143. The second kappa shape index (κ2) is 5.27. The SMILES string of the molecule is Cc1ccc(C(O)c2ccc(Cl)cc2Cl)c(F)c1. The monoisotopic (exact) mass is 284 g/mol. The molecular weight excluding hydrogens is 274 g/mol. The average Bonchev–Trinajstić information content (AvgIpc) is 2.28. The number of halogens is 3. The van der Waals surface area contributed by atoms with E-state index >= 15 is 0 Å². The molecule has 1 nitrogen and oxygen atoms in total. The van der Waals surface area contributed by atoms with E-state index in [1.54, 1.807) is 31.2 Å². The third-order valence-electron chi connectivity index (χ3n) is 2.71. The lowest BCUT2D eigenvalue weighted by molar-refractivity contribution is 0.215. The highest BCUT2D eigenvalue weighted by Gasteiger charge is 2.17. The van der Waals surface area contributed by atoms with Gasteiger partial charge in [-0.25, -0.2) is 4.39 Å². The molecule has 0 amide bonds. The van der Waals surface area contributed by atoms with Gasteiger partial charge in [0.2, 0.25) is 0 Å². The molecule has 0 saturated carbocycles. The molecule has 0 fully saturated rings. The van der Waals surface area contributed by atoms with Crippen molar-refractivity contribution in [1.82, 2.24) is 0 Å². The number of aliphatic hydroxyl groups excluding tert-OH is 1. The van der Waals surface area contributed by atoms with E-state index in [-0.39, 0.29) is 5.56 Å². The van der Waals surface area contributed by atoms with E-state index in [0.717, 1.165) is 5.56 Å². The summed E-state index contributed by atoms with van der Waals surface area (Å²) in [6, 6.07) is 9.40. The van der Waals surface area contributed by atoms with Gasteiger partial charge in [0.1, 0.15) is 11.9 Å². The summed E-state index contributed by atoms with van der Waals surface area (Å²) >= 11 is 11.8. The lowest BCUT2D eigenvalue weighted by Crippen LogP contribution is -2.03. The first-order valence-electron chi connectivity index (χ1n) is 5.38. The van der Waals surface area contributed by atoms with Gasteiger partial charge in [-0.15, -0.1) is 0 Å². The summed E-state index contributed by atoms with van der Waals surface area (Å²) in [5, 5.41) is 11.0. The van der Waals surface area contributed by atoms with Crippen molar-refractivity contribution in [2.75, 3.05) is 0 Å². The van der Waals surface area contributed by atoms with Gasteiger partial charge >= 0.3 is 0 Å². The molecule has 0 radical (unpaired) electrons. The van der Waals surface area contributed by atoms with Crippen molar-refractivity contribution < 1.29 is 9.50 Å². The molecule has 0 spiro atoms. The summed E-state index contributed by atoms with van der Waals surface area (Å²) in [6.07, 6.45) is -1.10. The van der Waals surface area contributed by atoms with Crippen LogP contribution in [0.3, 0.4) is 0 Å². The zero-order valence-corrected chi connectivity index (χ0v) is 11.1. The summed E-state index contributed by atoms with van der Waals surface area (Å²) in [5.41, 5.74) is 1.43. The van der Waals surface area contributed by atoms with Crippen molar-refractivity contribution >= 4 is 23.2 Å². The van der Waals surface area contributed by atoms with Crippen LogP contribution < -0.4 is 0 Å². The van der Waals surface area contributed by atoms with Gasteiger partial charge < -0.3 is 5.11 Å². The third kappa shape index (κ3) is 2.66. The van der Waals surface area contributed by atoms with Crippen LogP contribution in [0.15, 0.2) is 36.4 Å².